The van der Waals surface area contributed by atoms with E-state index in [4.69, 9.17) is 4.74 Å². The maximum atomic E-state index is 10.2. The predicted octanol–water partition coefficient (Wildman–Crippen LogP) is 2.83. The molecule has 4 heteroatoms. The number of imidazole rings is 1. The fourth-order valence-corrected chi connectivity index (χ4v) is 2.85. The molecule has 112 valence electrons. The second kappa shape index (κ2) is 6.41. The summed E-state index contributed by atoms with van der Waals surface area (Å²) in [5.74, 6) is 0.927. The van der Waals surface area contributed by atoms with E-state index in [0.29, 0.717) is 13.2 Å². The molecule has 1 aliphatic rings. The van der Waals surface area contributed by atoms with E-state index in [1.54, 1.807) is 0 Å². The molecule has 0 bridgehead atoms. The minimum Gasteiger partial charge on any atom is -0.389 e. The number of benzene rings is 1. The van der Waals surface area contributed by atoms with Crippen molar-refractivity contribution in [1.29, 1.82) is 0 Å². The molecular formula is C17H22N2O2. The normalized spacial score (nSPS) is 20.0. The van der Waals surface area contributed by atoms with Gasteiger partial charge in [0.2, 0.25) is 0 Å². The Bertz CT molecular complexity index is 633. The van der Waals surface area contributed by atoms with E-state index in [1.165, 1.54) is 0 Å². The highest BCUT2D eigenvalue weighted by Gasteiger charge is 2.15. The summed E-state index contributed by atoms with van der Waals surface area (Å²) in [4.78, 5) is 4.52. The molecule has 0 saturated heterocycles. The number of ether oxygens (including phenoxy) is 1. The maximum Gasteiger partial charge on any atom is 0.106 e. The molecule has 2 unspecified atom stereocenters. The molecule has 2 aromatic rings. The Morgan fingerprint density at radius 1 is 1.38 bits per heavy atom. The molecular weight excluding hydrogens is 264 g/mol. The van der Waals surface area contributed by atoms with E-state index < -0.39 is 6.10 Å². The number of hydrogen-bond acceptors (Lipinski definition) is 3. The monoisotopic (exact) mass is 286 g/mol. The number of allylic oxidation sites excluding steroid dienone is 1. The first-order valence-corrected chi connectivity index (χ1v) is 7.60. The van der Waals surface area contributed by atoms with Gasteiger partial charge in [-0.15, -0.1) is 0 Å². The number of aromatic nitrogens is 2. The second-order valence-corrected chi connectivity index (χ2v) is 5.65. The Labute approximate surface area is 125 Å². The van der Waals surface area contributed by atoms with Gasteiger partial charge in [0.25, 0.3) is 0 Å². The molecule has 0 radical (unpaired) electrons. The van der Waals surface area contributed by atoms with Crippen LogP contribution in [0.4, 0.5) is 0 Å². The van der Waals surface area contributed by atoms with Gasteiger partial charge < -0.3 is 14.4 Å². The van der Waals surface area contributed by atoms with E-state index in [-0.39, 0.29) is 6.10 Å². The van der Waals surface area contributed by atoms with Crippen LogP contribution in [0.5, 0.6) is 0 Å². The molecule has 0 fully saturated rings. The number of para-hydroxylation sites is 2. The van der Waals surface area contributed by atoms with Crippen molar-refractivity contribution in [3.05, 3.63) is 42.2 Å². The maximum absolute atomic E-state index is 10.2. The van der Waals surface area contributed by atoms with Crippen molar-refractivity contribution >= 4 is 11.0 Å². The highest BCUT2D eigenvalue weighted by Crippen LogP contribution is 2.17. The Balaban J connectivity index is 1.62. The summed E-state index contributed by atoms with van der Waals surface area (Å²) in [7, 11) is 0. The second-order valence-electron chi connectivity index (χ2n) is 5.65. The lowest BCUT2D eigenvalue weighted by atomic mass is 10.1. The first-order valence-electron chi connectivity index (χ1n) is 7.60. The summed E-state index contributed by atoms with van der Waals surface area (Å²) < 4.78 is 7.87. The highest BCUT2D eigenvalue weighted by molar-refractivity contribution is 5.75. The minimum absolute atomic E-state index is 0.255. The van der Waals surface area contributed by atoms with Crippen LogP contribution in [0.25, 0.3) is 11.0 Å². The van der Waals surface area contributed by atoms with Gasteiger partial charge in [-0.1, -0.05) is 24.3 Å². The Hall–Kier alpha value is -1.65. The molecule has 1 aromatic carbocycles. The highest BCUT2D eigenvalue weighted by atomic mass is 16.5. The first kappa shape index (κ1) is 14.3. The average molecular weight is 286 g/mol. The summed E-state index contributed by atoms with van der Waals surface area (Å²) >= 11 is 0. The molecule has 1 heterocycles. The van der Waals surface area contributed by atoms with Gasteiger partial charge in [-0.2, -0.15) is 0 Å². The van der Waals surface area contributed by atoms with Crippen LogP contribution in [0, 0.1) is 6.92 Å². The van der Waals surface area contributed by atoms with Crippen LogP contribution in [-0.2, 0) is 11.3 Å². The van der Waals surface area contributed by atoms with Gasteiger partial charge in [-0.25, -0.2) is 4.98 Å². The number of hydrogen-bond donors (Lipinski definition) is 1. The van der Waals surface area contributed by atoms with E-state index in [9.17, 15) is 5.11 Å². The molecule has 2 atom stereocenters. The summed E-state index contributed by atoms with van der Waals surface area (Å²) in [6.07, 6.45) is 7.19. The molecule has 1 N–H and O–H groups in total. The van der Waals surface area contributed by atoms with Crippen molar-refractivity contribution in [2.24, 2.45) is 0 Å². The van der Waals surface area contributed by atoms with Gasteiger partial charge in [0.05, 0.1) is 36.4 Å². The SMILES string of the molecule is Cc1nc2ccccc2n1CC(O)COC1CC=CCC1. The number of nitrogens with zero attached hydrogens (tertiary/aromatic N) is 2. The number of rotatable bonds is 5. The van der Waals surface area contributed by atoms with E-state index in [1.807, 2.05) is 31.2 Å². The van der Waals surface area contributed by atoms with Crippen LogP contribution in [0.15, 0.2) is 36.4 Å². The third-order valence-electron chi connectivity index (χ3n) is 3.98. The van der Waals surface area contributed by atoms with Crippen molar-refractivity contribution in [2.75, 3.05) is 6.61 Å². The lowest BCUT2D eigenvalue weighted by Crippen LogP contribution is -2.26. The lowest BCUT2D eigenvalue weighted by Gasteiger charge is -2.21. The molecule has 0 saturated carbocycles. The van der Waals surface area contributed by atoms with Gasteiger partial charge >= 0.3 is 0 Å². The number of aliphatic hydroxyl groups is 1. The Kier molecular flexibility index (Phi) is 4.36. The topological polar surface area (TPSA) is 47.3 Å². The summed E-state index contributed by atoms with van der Waals surface area (Å²) in [5.41, 5.74) is 2.04. The first-order chi connectivity index (χ1) is 10.2. The number of aryl methyl sites for hydroxylation is 1. The van der Waals surface area contributed by atoms with E-state index >= 15 is 0 Å². The van der Waals surface area contributed by atoms with Crippen LogP contribution < -0.4 is 0 Å². The third-order valence-corrected chi connectivity index (χ3v) is 3.98. The van der Waals surface area contributed by atoms with Gasteiger partial charge in [0, 0.05) is 0 Å². The van der Waals surface area contributed by atoms with Crippen LogP contribution in [-0.4, -0.2) is 33.5 Å². The van der Waals surface area contributed by atoms with Gasteiger partial charge in [-0.3, -0.25) is 0 Å². The number of fused-ring (bicyclic) bond motifs is 1. The third kappa shape index (κ3) is 3.34. The molecule has 0 amide bonds. The fraction of sp³-hybridized carbons (Fsp3) is 0.471. The molecule has 0 aliphatic heterocycles. The Morgan fingerprint density at radius 3 is 3.05 bits per heavy atom. The molecule has 1 aliphatic carbocycles. The van der Waals surface area contributed by atoms with Gasteiger partial charge in [-0.05, 0) is 38.3 Å². The molecule has 4 nitrogen and oxygen atoms in total. The zero-order chi connectivity index (χ0) is 14.7. The van der Waals surface area contributed by atoms with E-state index in [0.717, 1.165) is 36.1 Å². The molecule has 21 heavy (non-hydrogen) atoms. The van der Waals surface area contributed by atoms with Crippen molar-refractivity contribution in [2.45, 2.75) is 44.9 Å². The van der Waals surface area contributed by atoms with Gasteiger partial charge in [0.15, 0.2) is 0 Å². The van der Waals surface area contributed by atoms with E-state index in [2.05, 4.69) is 21.7 Å². The van der Waals surface area contributed by atoms with Crippen molar-refractivity contribution in [3.8, 4) is 0 Å². The summed E-state index contributed by atoms with van der Waals surface area (Å²) in [5, 5.41) is 10.2. The van der Waals surface area contributed by atoms with Crippen LogP contribution in [0.1, 0.15) is 25.1 Å². The quantitative estimate of drug-likeness (QED) is 0.860. The number of aliphatic hydroxyl groups excluding tert-OH is 1. The van der Waals surface area contributed by atoms with Crippen molar-refractivity contribution in [3.63, 3.8) is 0 Å². The van der Waals surface area contributed by atoms with Crippen molar-refractivity contribution in [1.82, 2.24) is 9.55 Å². The van der Waals surface area contributed by atoms with Crippen LogP contribution >= 0.6 is 0 Å². The molecule has 3 rings (SSSR count). The lowest BCUT2D eigenvalue weighted by molar-refractivity contribution is -0.0175. The predicted molar refractivity (Wildman–Crippen MR) is 83.2 cm³/mol. The zero-order valence-corrected chi connectivity index (χ0v) is 12.4. The van der Waals surface area contributed by atoms with Crippen molar-refractivity contribution < 1.29 is 9.84 Å². The summed E-state index contributed by atoms with van der Waals surface area (Å²) in [6, 6.07) is 8.01. The Morgan fingerprint density at radius 2 is 2.24 bits per heavy atom. The fourth-order valence-electron chi connectivity index (χ4n) is 2.85. The smallest absolute Gasteiger partial charge is 0.106 e. The summed E-state index contributed by atoms with van der Waals surface area (Å²) in [6.45, 7) is 2.87. The standard InChI is InChI=1S/C17H22N2O2/c1-13-18-16-9-5-6-10-17(16)19(13)11-14(20)12-21-15-7-3-2-4-8-15/h2-3,5-6,9-10,14-15,20H,4,7-8,11-12H2,1H3. The molecule has 1 aromatic heterocycles. The largest absolute Gasteiger partial charge is 0.389 e. The molecule has 0 spiro atoms. The van der Waals surface area contributed by atoms with Crippen LogP contribution in [0.3, 0.4) is 0 Å². The van der Waals surface area contributed by atoms with Crippen LogP contribution in [0.2, 0.25) is 0 Å². The average Bonchev–Trinajstić information content (AvgIpc) is 2.82. The zero-order valence-electron chi connectivity index (χ0n) is 12.4. The minimum atomic E-state index is -0.507. The van der Waals surface area contributed by atoms with Gasteiger partial charge in [0.1, 0.15) is 5.82 Å².